The number of hydrogen-bond acceptors (Lipinski definition) is 3. The van der Waals surface area contributed by atoms with E-state index >= 15 is 0 Å². The smallest absolute Gasteiger partial charge is 0.280 e. The Morgan fingerprint density at radius 3 is 2.64 bits per heavy atom. The summed E-state index contributed by atoms with van der Waals surface area (Å²) in [4.78, 5) is 14.1. The van der Waals surface area contributed by atoms with Crippen LogP contribution in [0.4, 0.5) is 8.78 Å². The zero-order valence-corrected chi connectivity index (χ0v) is 7.33. The van der Waals surface area contributed by atoms with E-state index in [9.17, 15) is 13.6 Å². The Labute approximate surface area is 78.7 Å². The maximum atomic E-state index is 12.3. The van der Waals surface area contributed by atoms with E-state index in [2.05, 4.69) is 4.98 Å². The van der Waals surface area contributed by atoms with Gasteiger partial charge >= 0.3 is 0 Å². The third-order valence-electron chi connectivity index (χ3n) is 1.53. The monoisotopic (exact) mass is 202 g/mol. The summed E-state index contributed by atoms with van der Waals surface area (Å²) >= 11 is 0. The molecule has 1 aromatic heterocycles. The van der Waals surface area contributed by atoms with Gasteiger partial charge in [0.25, 0.3) is 12.3 Å². The van der Waals surface area contributed by atoms with Crippen LogP contribution in [0.5, 0.6) is 5.75 Å². The van der Waals surface area contributed by atoms with Gasteiger partial charge in [0.1, 0.15) is 17.1 Å². The summed E-state index contributed by atoms with van der Waals surface area (Å²) in [6.45, 7) is 0. The van der Waals surface area contributed by atoms with Crippen LogP contribution < -0.4 is 10.5 Å². The van der Waals surface area contributed by atoms with E-state index in [-0.39, 0.29) is 11.4 Å². The molecule has 0 saturated carbocycles. The molecule has 1 amide bonds. The fourth-order valence-corrected chi connectivity index (χ4v) is 0.882. The summed E-state index contributed by atoms with van der Waals surface area (Å²) in [5, 5.41) is 0. The standard InChI is InChI=1S/C8H8F2N2O2/c1-14-4-2-5(7(9)10)12-6(3-4)8(11)13/h2-3,7H,1H3,(H2,11,13). The first kappa shape index (κ1) is 10.4. The quantitative estimate of drug-likeness (QED) is 0.798. The van der Waals surface area contributed by atoms with Gasteiger partial charge in [-0.3, -0.25) is 4.79 Å². The summed E-state index contributed by atoms with van der Waals surface area (Å²) in [5.74, 6) is -0.741. The van der Waals surface area contributed by atoms with Crippen LogP contribution in [0.1, 0.15) is 22.6 Å². The Bertz CT molecular complexity index is 355. The summed E-state index contributed by atoms with van der Waals surface area (Å²) in [6, 6.07) is 2.26. The van der Waals surface area contributed by atoms with Crippen molar-refractivity contribution in [2.45, 2.75) is 6.43 Å². The zero-order chi connectivity index (χ0) is 10.7. The molecule has 0 aliphatic heterocycles. The van der Waals surface area contributed by atoms with Crippen molar-refractivity contribution in [2.24, 2.45) is 5.73 Å². The first-order valence-corrected chi connectivity index (χ1v) is 3.68. The van der Waals surface area contributed by atoms with Gasteiger partial charge in [0.2, 0.25) is 0 Å². The summed E-state index contributed by atoms with van der Waals surface area (Å²) in [5.41, 5.74) is 4.14. The zero-order valence-electron chi connectivity index (χ0n) is 7.33. The molecule has 0 aromatic carbocycles. The van der Waals surface area contributed by atoms with E-state index in [1.165, 1.54) is 13.2 Å². The van der Waals surface area contributed by atoms with Gasteiger partial charge in [-0.05, 0) is 0 Å². The molecule has 0 bridgehead atoms. The summed E-state index contributed by atoms with van der Waals surface area (Å²) in [7, 11) is 1.30. The second-order valence-corrected chi connectivity index (χ2v) is 2.48. The molecule has 6 heteroatoms. The van der Waals surface area contributed by atoms with Crippen molar-refractivity contribution < 1.29 is 18.3 Å². The lowest BCUT2D eigenvalue weighted by Crippen LogP contribution is -2.14. The van der Waals surface area contributed by atoms with E-state index in [4.69, 9.17) is 10.5 Å². The maximum absolute atomic E-state index is 12.3. The Hall–Kier alpha value is -1.72. The molecule has 14 heavy (non-hydrogen) atoms. The molecule has 0 saturated heterocycles. The number of hydrogen-bond donors (Lipinski definition) is 1. The molecular formula is C8H8F2N2O2. The van der Waals surface area contributed by atoms with E-state index < -0.39 is 18.0 Å². The lowest BCUT2D eigenvalue weighted by molar-refractivity contribution is 0.0993. The minimum Gasteiger partial charge on any atom is -0.497 e. The minimum atomic E-state index is -2.76. The lowest BCUT2D eigenvalue weighted by atomic mass is 10.2. The van der Waals surface area contributed by atoms with Crippen molar-refractivity contribution in [1.82, 2.24) is 4.98 Å². The topological polar surface area (TPSA) is 65.2 Å². The van der Waals surface area contributed by atoms with Crippen LogP contribution in [0.2, 0.25) is 0 Å². The van der Waals surface area contributed by atoms with Crippen LogP contribution in [-0.4, -0.2) is 18.0 Å². The number of pyridine rings is 1. The molecule has 0 fully saturated rings. The number of carbonyl (C=O) groups is 1. The van der Waals surface area contributed by atoms with Crippen molar-refractivity contribution >= 4 is 5.91 Å². The van der Waals surface area contributed by atoms with Gasteiger partial charge in [-0.1, -0.05) is 0 Å². The molecule has 1 aromatic rings. The molecule has 1 heterocycles. The van der Waals surface area contributed by atoms with Crippen LogP contribution in [0.15, 0.2) is 12.1 Å². The van der Waals surface area contributed by atoms with Gasteiger partial charge in [-0.15, -0.1) is 0 Å². The number of halogens is 2. The highest BCUT2D eigenvalue weighted by atomic mass is 19.3. The van der Waals surface area contributed by atoms with Gasteiger partial charge in [0.05, 0.1) is 7.11 Å². The van der Waals surface area contributed by atoms with Gasteiger partial charge in [0.15, 0.2) is 0 Å². The number of alkyl halides is 2. The van der Waals surface area contributed by atoms with Crippen molar-refractivity contribution in [2.75, 3.05) is 7.11 Å². The van der Waals surface area contributed by atoms with Crippen molar-refractivity contribution in [1.29, 1.82) is 0 Å². The molecule has 0 atom stereocenters. The number of primary amides is 1. The molecule has 1 rings (SSSR count). The van der Waals surface area contributed by atoms with E-state index in [1.54, 1.807) is 0 Å². The van der Waals surface area contributed by atoms with Crippen molar-refractivity contribution in [3.8, 4) is 5.75 Å². The number of aromatic nitrogens is 1. The van der Waals surface area contributed by atoms with E-state index in [1.807, 2.05) is 0 Å². The SMILES string of the molecule is COc1cc(C(N)=O)nc(C(F)F)c1. The molecule has 76 valence electrons. The van der Waals surface area contributed by atoms with Crippen molar-refractivity contribution in [3.05, 3.63) is 23.5 Å². The highest BCUT2D eigenvalue weighted by Crippen LogP contribution is 2.22. The largest absolute Gasteiger partial charge is 0.497 e. The number of nitrogens with two attached hydrogens (primary N) is 1. The summed E-state index contributed by atoms with van der Waals surface area (Å²) < 4.78 is 29.2. The highest BCUT2D eigenvalue weighted by Gasteiger charge is 2.14. The average Bonchev–Trinajstić information content (AvgIpc) is 2.16. The molecule has 0 aliphatic rings. The molecular weight excluding hydrogens is 194 g/mol. The Kier molecular flexibility index (Phi) is 2.95. The van der Waals surface area contributed by atoms with E-state index in [0.717, 1.165) is 6.07 Å². The first-order chi connectivity index (χ1) is 6.54. The third kappa shape index (κ3) is 2.15. The fraction of sp³-hybridized carbons (Fsp3) is 0.250. The minimum absolute atomic E-state index is 0.129. The van der Waals surface area contributed by atoms with Crippen LogP contribution in [0.25, 0.3) is 0 Å². The second-order valence-electron chi connectivity index (χ2n) is 2.48. The van der Waals surface area contributed by atoms with Gasteiger partial charge in [-0.25, -0.2) is 13.8 Å². The Morgan fingerprint density at radius 2 is 2.21 bits per heavy atom. The van der Waals surface area contributed by atoms with Crippen molar-refractivity contribution in [3.63, 3.8) is 0 Å². The number of carbonyl (C=O) groups excluding carboxylic acids is 1. The van der Waals surface area contributed by atoms with Gasteiger partial charge in [0, 0.05) is 12.1 Å². The van der Waals surface area contributed by atoms with Crippen LogP contribution >= 0.6 is 0 Å². The first-order valence-electron chi connectivity index (χ1n) is 3.68. The summed E-state index contributed by atoms with van der Waals surface area (Å²) in [6.07, 6.45) is -2.76. The Morgan fingerprint density at radius 1 is 1.57 bits per heavy atom. The fourth-order valence-electron chi connectivity index (χ4n) is 0.882. The number of nitrogens with zero attached hydrogens (tertiary/aromatic N) is 1. The number of ether oxygens (including phenoxy) is 1. The van der Waals surface area contributed by atoms with Gasteiger partial charge < -0.3 is 10.5 Å². The number of rotatable bonds is 3. The van der Waals surface area contributed by atoms with Crippen LogP contribution in [-0.2, 0) is 0 Å². The predicted octanol–water partition coefficient (Wildman–Crippen LogP) is 1.13. The third-order valence-corrected chi connectivity index (χ3v) is 1.53. The van der Waals surface area contributed by atoms with Crippen LogP contribution in [0.3, 0.4) is 0 Å². The molecule has 4 nitrogen and oxygen atoms in total. The second kappa shape index (κ2) is 3.99. The van der Waals surface area contributed by atoms with Gasteiger partial charge in [-0.2, -0.15) is 0 Å². The van der Waals surface area contributed by atoms with E-state index in [0.29, 0.717) is 0 Å². The molecule has 0 radical (unpaired) electrons. The lowest BCUT2D eigenvalue weighted by Gasteiger charge is -2.05. The molecule has 0 spiro atoms. The predicted molar refractivity (Wildman–Crippen MR) is 44.3 cm³/mol. The average molecular weight is 202 g/mol. The highest BCUT2D eigenvalue weighted by molar-refractivity contribution is 5.91. The number of amides is 1. The molecule has 0 aliphatic carbocycles. The van der Waals surface area contributed by atoms with Crippen LogP contribution in [0, 0.1) is 0 Å². The Balaban J connectivity index is 3.20. The molecule has 2 N–H and O–H groups in total. The maximum Gasteiger partial charge on any atom is 0.280 e. The number of methoxy groups -OCH3 is 1. The normalized spacial score (nSPS) is 10.3. The molecule has 0 unspecified atom stereocenters.